The molecule has 0 radical (unpaired) electrons. The molecular formula is C36H37Cl2N7O3. The molecule has 2 aliphatic rings. The van der Waals surface area contributed by atoms with Gasteiger partial charge in [-0.05, 0) is 31.0 Å². The summed E-state index contributed by atoms with van der Waals surface area (Å²) in [7, 11) is 3.56. The number of pyridine rings is 2. The third-order valence-corrected chi connectivity index (χ3v) is 9.83. The van der Waals surface area contributed by atoms with Crippen molar-refractivity contribution in [1.29, 1.82) is 0 Å². The SMILES string of the molecule is COc1nc(-c2cccc(-c3ccnc(-c4ccc5c(CNC[C@@H]6CCO6)nn(C)c5c4)c3Cl)c2Cl)ccc1CNC[C@@H]1CCC(=O)N1. The van der Waals surface area contributed by atoms with Gasteiger partial charge in [-0.25, -0.2) is 4.98 Å². The minimum Gasteiger partial charge on any atom is -0.481 e. The van der Waals surface area contributed by atoms with Gasteiger partial charge < -0.3 is 25.4 Å². The second-order valence-corrected chi connectivity index (χ2v) is 13.0. The summed E-state index contributed by atoms with van der Waals surface area (Å²) in [4.78, 5) is 21.0. The third kappa shape index (κ3) is 6.63. The van der Waals surface area contributed by atoms with Crippen LogP contribution in [0.15, 0.2) is 60.8 Å². The van der Waals surface area contributed by atoms with Crippen molar-refractivity contribution in [2.24, 2.45) is 7.05 Å². The predicted octanol–water partition coefficient (Wildman–Crippen LogP) is 5.93. The van der Waals surface area contributed by atoms with Gasteiger partial charge in [0, 0.05) is 91.7 Å². The normalized spacial score (nSPS) is 17.5. The van der Waals surface area contributed by atoms with Crippen molar-refractivity contribution in [3.63, 3.8) is 0 Å². The van der Waals surface area contributed by atoms with Crippen molar-refractivity contribution in [3.8, 4) is 39.5 Å². The Balaban J connectivity index is 1.12. The van der Waals surface area contributed by atoms with Crippen molar-refractivity contribution < 1.29 is 14.3 Å². The molecule has 248 valence electrons. The highest BCUT2D eigenvalue weighted by Gasteiger charge is 2.22. The summed E-state index contributed by atoms with van der Waals surface area (Å²) in [5.41, 5.74) is 7.44. The number of halogens is 2. The van der Waals surface area contributed by atoms with Crippen LogP contribution in [0.2, 0.25) is 10.0 Å². The molecule has 0 unspecified atom stereocenters. The molecule has 5 heterocycles. The minimum absolute atomic E-state index is 0.105. The summed E-state index contributed by atoms with van der Waals surface area (Å²) in [6.45, 7) is 3.58. The largest absolute Gasteiger partial charge is 0.481 e. The zero-order valence-corrected chi connectivity index (χ0v) is 28.4. The Hall–Kier alpha value is -4.06. The molecule has 7 rings (SSSR count). The van der Waals surface area contributed by atoms with E-state index in [1.54, 1.807) is 13.3 Å². The fourth-order valence-electron chi connectivity index (χ4n) is 6.34. The second-order valence-electron chi connectivity index (χ2n) is 12.2. The van der Waals surface area contributed by atoms with Crippen LogP contribution in [0, 0.1) is 0 Å². The van der Waals surface area contributed by atoms with Gasteiger partial charge >= 0.3 is 0 Å². The number of amides is 1. The molecule has 3 aromatic heterocycles. The highest BCUT2D eigenvalue weighted by molar-refractivity contribution is 6.39. The first-order chi connectivity index (χ1) is 23.4. The van der Waals surface area contributed by atoms with E-state index in [0.29, 0.717) is 59.5 Å². The molecule has 0 bridgehead atoms. The first-order valence-electron chi connectivity index (χ1n) is 16.2. The fraction of sp³-hybridized carbons (Fsp3) is 0.333. The van der Waals surface area contributed by atoms with Crippen LogP contribution in [-0.4, -0.2) is 64.6 Å². The van der Waals surface area contributed by atoms with Gasteiger partial charge in [-0.1, -0.05) is 59.6 Å². The van der Waals surface area contributed by atoms with Crippen LogP contribution in [0.25, 0.3) is 44.5 Å². The first kappa shape index (κ1) is 32.5. The van der Waals surface area contributed by atoms with Gasteiger partial charge in [-0.15, -0.1) is 0 Å². The Bertz CT molecular complexity index is 1980. The lowest BCUT2D eigenvalue weighted by Gasteiger charge is -2.26. The van der Waals surface area contributed by atoms with E-state index in [1.807, 2.05) is 54.2 Å². The Morgan fingerprint density at radius 1 is 1.00 bits per heavy atom. The maximum absolute atomic E-state index is 11.5. The molecule has 12 heteroatoms. The lowest BCUT2D eigenvalue weighted by atomic mass is 9.99. The number of nitrogens with zero attached hydrogens (tertiary/aromatic N) is 4. The molecule has 5 aromatic rings. The van der Waals surface area contributed by atoms with Crippen molar-refractivity contribution in [3.05, 3.63) is 82.1 Å². The highest BCUT2D eigenvalue weighted by Crippen LogP contribution is 2.42. The summed E-state index contributed by atoms with van der Waals surface area (Å²) in [6, 6.07) is 18.0. The molecule has 48 heavy (non-hydrogen) atoms. The number of carbonyl (C=O) groups is 1. The van der Waals surface area contributed by atoms with E-state index >= 15 is 0 Å². The highest BCUT2D eigenvalue weighted by atomic mass is 35.5. The summed E-state index contributed by atoms with van der Waals surface area (Å²) in [6.07, 6.45) is 4.57. The zero-order chi connectivity index (χ0) is 33.2. The minimum atomic E-state index is 0.105. The molecule has 2 atom stereocenters. The van der Waals surface area contributed by atoms with E-state index in [0.717, 1.165) is 70.4 Å². The number of fused-ring (bicyclic) bond motifs is 1. The Morgan fingerprint density at radius 3 is 2.58 bits per heavy atom. The van der Waals surface area contributed by atoms with E-state index in [-0.39, 0.29) is 11.9 Å². The van der Waals surface area contributed by atoms with Gasteiger partial charge in [0.2, 0.25) is 11.8 Å². The van der Waals surface area contributed by atoms with Crippen molar-refractivity contribution >= 4 is 40.0 Å². The van der Waals surface area contributed by atoms with Gasteiger partial charge in [0.1, 0.15) is 0 Å². The number of ether oxygens (including phenoxy) is 2. The number of hydrogen-bond donors (Lipinski definition) is 3. The monoisotopic (exact) mass is 685 g/mol. The van der Waals surface area contributed by atoms with E-state index < -0.39 is 0 Å². The number of carbonyl (C=O) groups excluding carboxylic acids is 1. The molecule has 1 amide bonds. The molecule has 2 saturated heterocycles. The Kier molecular flexibility index (Phi) is 9.61. The van der Waals surface area contributed by atoms with Crippen LogP contribution in [-0.2, 0) is 29.7 Å². The quantitative estimate of drug-likeness (QED) is 0.148. The predicted molar refractivity (Wildman–Crippen MR) is 188 cm³/mol. The number of aryl methyl sites for hydroxylation is 1. The summed E-state index contributed by atoms with van der Waals surface area (Å²) >= 11 is 14.2. The fourth-order valence-corrected chi connectivity index (χ4v) is 6.99. The summed E-state index contributed by atoms with van der Waals surface area (Å²) in [5, 5.41) is 16.7. The molecular weight excluding hydrogens is 649 g/mol. The molecule has 0 aliphatic carbocycles. The van der Waals surface area contributed by atoms with Gasteiger partial charge in [0.15, 0.2) is 0 Å². The number of rotatable bonds is 12. The molecule has 2 aromatic carbocycles. The van der Waals surface area contributed by atoms with E-state index in [4.69, 9.17) is 42.8 Å². The van der Waals surface area contributed by atoms with Crippen molar-refractivity contribution in [2.75, 3.05) is 26.8 Å². The first-order valence-corrected chi connectivity index (χ1v) is 16.9. The maximum atomic E-state index is 11.5. The van der Waals surface area contributed by atoms with E-state index in [2.05, 4.69) is 33.1 Å². The molecule has 2 fully saturated rings. The molecule has 2 aliphatic heterocycles. The maximum Gasteiger partial charge on any atom is 0.220 e. The van der Waals surface area contributed by atoms with Crippen LogP contribution < -0.4 is 20.7 Å². The van der Waals surface area contributed by atoms with Gasteiger partial charge in [0.25, 0.3) is 0 Å². The molecule has 10 nitrogen and oxygen atoms in total. The van der Waals surface area contributed by atoms with Gasteiger partial charge in [-0.2, -0.15) is 5.10 Å². The number of methoxy groups -OCH3 is 1. The van der Waals surface area contributed by atoms with Crippen LogP contribution in [0.1, 0.15) is 30.5 Å². The zero-order valence-electron chi connectivity index (χ0n) is 26.9. The molecule has 3 N–H and O–H groups in total. The Morgan fingerprint density at radius 2 is 1.81 bits per heavy atom. The standard InChI is InChI=1S/C36H37Cl2N7O3/c1-45-31-16-21(6-9-27(31)30(44-45)20-40-19-24-13-15-48-24)35-34(38)26(12-14-41-35)25-4-3-5-28(33(25)37)29-10-7-22(36(43-29)47-2)17-39-18-23-8-11-32(46)42-23/h3-7,9-10,12,14,16,23-24,39-40H,8,11,13,15,17-20H2,1-2H3,(H,42,46)/t23-,24-/m0/s1. The average Bonchev–Trinajstić information content (AvgIpc) is 3.64. The third-order valence-electron chi connectivity index (χ3n) is 9.04. The lowest BCUT2D eigenvalue weighted by Crippen LogP contribution is -2.36. The number of hydrogen-bond acceptors (Lipinski definition) is 8. The topological polar surface area (TPSA) is 115 Å². The second kappa shape index (κ2) is 14.2. The number of nitrogens with one attached hydrogen (secondary N) is 3. The number of aromatic nitrogens is 4. The van der Waals surface area contributed by atoms with E-state index in [9.17, 15) is 4.79 Å². The van der Waals surface area contributed by atoms with Crippen LogP contribution in [0.4, 0.5) is 0 Å². The van der Waals surface area contributed by atoms with Crippen LogP contribution in [0.3, 0.4) is 0 Å². The smallest absolute Gasteiger partial charge is 0.220 e. The van der Waals surface area contributed by atoms with Gasteiger partial charge in [-0.3, -0.25) is 14.5 Å². The van der Waals surface area contributed by atoms with Crippen LogP contribution >= 0.6 is 23.2 Å². The van der Waals surface area contributed by atoms with Gasteiger partial charge in [0.05, 0.1) is 45.9 Å². The molecule has 0 spiro atoms. The van der Waals surface area contributed by atoms with E-state index in [1.165, 1.54) is 0 Å². The van der Waals surface area contributed by atoms with Crippen molar-refractivity contribution in [2.45, 2.75) is 44.5 Å². The Labute approximate surface area is 289 Å². The number of benzene rings is 2. The van der Waals surface area contributed by atoms with Crippen LogP contribution in [0.5, 0.6) is 5.88 Å². The summed E-state index contributed by atoms with van der Waals surface area (Å²) < 4.78 is 13.1. The average molecular weight is 687 g/mol. The molecule has 0 saturated carbocycles. The lowest BCUT2D eigenvalue weighted by molar-refractivity contribution is -0.119. The summed E-state index contributed by atoms with van der Waals surface area (Å²) in [5.74, 6) is 0.617. The van der Waals surface area contributed by atoms with Crippen molar-refractivity contribution in [1.82, 2.24) is 35.7 Å².